The Labute approximate surface area is 87.4 Å². The van der Waals surface area contributed by atoms with Crippen LogP contribution in [-0.2, 0) is 21.1 Å². The molecule has 0 amide bonds. The van der Waals surface area contributed by atoms with Crippen LogP contribution in [0.3, 0.4) is 0 Å². The van der Waals surface area contributed by atoms with Crippen molar-refractivity contribution in [2.24, 2.45) is 0 Å². The van der Waals surface area contributed by atoms with E-state index >= 15 is 0 Å². The topological polar surface area (TPSA) is 0 Å². The summed E-state index contributed by atoms with van der Waals surface area (Å²) in [6.45, 7) is 10.1. The molecule has 0 heterocycles. The minimum Gasteiger partial charge on any atom is -0.343 e. The summed E-state index contributed by atoms with van der Waals surface area (Å²) in [5.41, 5.74) is 0. The van der Waals surface area contributed by atoms with Gasteiger partial charge in [-0.1, -0.05) is 33.1 Å². The van der Waals surface area contributed by atoms with E-state index < -0.39 is 0 Å². The van der Waals surface area contributed by atoms with Crippen LogP contribution < -0.4 is 0 Å². The molecule has 1 heteroatoms. The summed E-state index contributed by atoms with van der Waals surface area (Å²) in [5.74, 6) is 0. The number of hydrogen-bond donors (Lipinski definition) is 0. The third kappa shape index (κ3) is 36.7. The summed E-state index contributed by atoms with van der Waals surface area (Å²) < 4.78 is 0. The molecule has 0 aromatic heterocycles. The van der Waals surface area contributed by atoms with Crippen LogP contribution in [0.4, 0.5) is 0 Å². The normalized spacial score (nSPS) is 7.64. The van der Waals surface area contributed by atoms with Crippen LogP contribution in [0.5, 0.6) is 0 Å². The van der Waals surface area contributed by atoms with Gasteiger partial charge >= 0.3 is 21.1 Å². The van der Waals surface area contributed by atoms with E-state index in [2.05, 4.69) is 34.1 Å². The average Bonchev–Trinajstić information content (AvgIpc) is 2.01. The molecular formula is C10H22W. The van der Waals surface area contributed by atoms with E-state index in [0.717, 1.165) is 6.42 Å². The van der Waals surface area contributed by atoms with Gasteiger partial charge in [-0.25, -0.2) is 0 Å². The molecule has 68 valence electrons. The van der Waals surface area contributed by atoms with Crippen LogP contribution in [-0.4, -0.2) is 0 Å². The molecule has 0 N–H and O–H groups in total. The number of rotatable bonds is 4. The predicted octanol–water partition coefficient (Wildman–Crippen LogP) is 4.02. The zero-order valence-electron chi connectivity index (χ0n) is 8.23. The van der Waals surface area contributed by atoms with E-state index in [-0.39, 0.29) is 21.1 Å². The van der Waals surface area contributed by atoms with E-state index in [0.29, 0.717) is 0 Å². The van der Waals surface area contributed by atoms with E-state index in [1.54, 1.807) is 0 Å². The molecule has 0 bridgehead atoms. The molecule has 0 saturated heterocycles. The van der Waals surface area contributed by atoms with E-state index in [1.165, 1.54) is 25.7 Å². The fourth-order valence-electron chi connectivity index (χ4n) is 0.427. The van der Waals surface area contributed by atoms with Gasteiger partial charge in [0.1, 0.15) is 0 Å². The van der Waals surface area contributed by atoms with Crippen LogP contribution in [0, 0.1) is 13.3 Å². The molecule has 0 aliphatic carbocycles. The molecule has 0 aliphatic rings. The van der Waals surface area contributed by atoms with Crippen LogP contribution in [0.15, 0.2) is 0 Å². The van der Waals surface area contributed by atoms with Crippen molar-refractivity contribution in [1.82, 2.24) is 0 Å². The summed E-state index contributed by atoms with van der Waals surface area (Å²) in [6, 6.07) is 0. The first-order chi connectivity index (χ1) is 4.83. The molecule has 0 aliphatic heterocycles. The SMILES string of the molecule is C[CH-]CC.[CH2-]CCCCC.[W+2]. The Morgan fingerprint density at radius 1 is 1.18 bits per heavy atom. The Bertz CT molecular complexity index is 29.9. The molecule has 0 rings (SSSR count). The fraction of sp³-hybridized carbons (Fsp3) is 0.800. The molecule has 0 saturated carbocycles. The first kappa shape index (κ1) is 17.7. The quantitative estimate of drug-likeness (QED) is 0.541. The zero-order chi connectivity index (χ0) is 8.24. The molecule has 0 atom stereocenters. The minimum atomic E-state index is 0. The maximum absolute atomic E-state index is 3.72. The molecule has 0 fully saturated rings. The summed E-state index contributed by atoms with van der Waals surface area (Å²) >= 11 is 0. The summed E-state index contributed by atoms with van der Waals surface area (Å²) in [7, 11) is 0. The number of unbranched alkanes of at least 4 members (excludes halogenated alkanes) is 4. The van der Waals surface area contributed by atoms with Gasteiger partial charge < -0.3 is 13.3 Å². The maximum Gasteiger partial charge on any atom is 2.00 e. The molecule has 0 spiro atoms. The second-order valence-electron chi connectivity index (χ2n) is 2.38. The van der Waals surface area contributed by atoms with Gasteiger partial charge in [0.25, 0.3) is 0 Å². The van der Waals surface area contributed by atoms with Crippen molar-refractivity contribution in [3.63, 3.8) is 0 Å². The first-order valence-electron chi connectivity index (χ1n) is 4.40. The first-order valence-corrected chi connectivity index (χ1v) is 4.40. The Balaban J connectivity index is -0.000000114. The Morgan fingerprint density at radius 3 is 1.73 bits per heavy atom. The van der Waals surface area contributed by atoms with Crippen LogP contribution in [0.25, 0.3) is 0 Å². The van der Waals surface area contributed by atoms with Gasteiger partial charge in [0.2, 0.25) is 0 Å². The Morgan fingerprint density at radius 2 is 1.64 bits per heavy atom. The van der Waals surface area contributed by atoms with Gasteiger partial charge in [0.15, 0.2) is 0 Å². The van der Waals surface area contributed by atoms with Crippen molar-refractivity contribution in [3.8, 4) is 0 Å². The predicted molar refractivity (Wildman–Crippen MR) is 49.8 cm³/mol. The van der Waals surface area contributed by atoms with Crippen molar-refractivity contribution in [2.75, 3.05) is 0 Å². The second-order valence-corrected chi connectivity index (χ2v) is 2.38. The molecule has 0 radical (unpaired) electrons. The third-order valence-electron chi connectivity index (χ3n) is 1.26. The Kier molecular flexibility index (Phi) is 36.1. The van der Waals surface area contributed by atoms with Crippen molar-refractivity contribution < 1.29 is 21.1 Å². The second kappa shape index (κ2) is 22.4. The van der Waals surface area contributed by atoms with Gasteiger partial charge in [0, 0.05) is 0 Å². The fourth-order valence-corrected chi connectivity index (χ4v) is 0.427. The van der Waals surface area contributed by atoms with E-state index in [9.17, 15) is 0 Å². The standard InChI is InChI=1S/C6H13.C4H9.W/c1-3-5-6-4-2;1-3-4-2;/h1,3-6H2,2H3;3H,4H2,1-2H3;/q2*-1;+2. The summed E-state index contributed by atoms with van der Waals surface area (Å²) in [5, 5.41) is 0. The van der Waals surface area contributed by atoms with Crippen LogP contribution in [0.2, 0.25) is 0 Å². The van der Waals surface area contributed by atoms with Crippen LogP contribution in [0.1, 0.15) is 52.9 Å². The summed E-state index contributed by atoms with van der Waals surface area (Å²) in [6.07, 6.45) is 8.39. The zero-order valence-corrected chi connectivity index (χ0v) is 11.2. The van der Waals surface area contributed by atoms with Gasteiger partial charge in [-0.15, -0.1) is 0 Å². The molecule has 0 aromatic carbocycles. The van der Waals surface area contributed by atoms with Gasteiger partial charge in [0.05, 0.1) is 0 Å². The van der Waals surface area contributed by atoms with Crippen molar-refractivity contribution in [3.05, 3.63) is 13.3 Å². The molecular weight excluding hydrogens is 304 g/mol. The molecule has 0 nitrogen and oxygen atoms in total. The molecule has 11 heavy (non-hydrogen) atoms. The van der Waals surface area contributed by atoms with Crippen LogP contribution >= 0.6 is 0 Å². The van der Waals surface area contributed by atoms with E-state index in [4.69, 9.17) is 0 Å². The van der Waals surface area contributed by atoms with Crippen molar-refractivity contribution in [2.45, 2.75) is 52.9 Å². The van der Waals surface area contributed by atoms with Crippen molar-refractivity contribution in [1.29, 1.82) is 0 Å². The smallest absolute Gasteiger partial charge is 0.343 e. The largest absolute Gasteiger partial charge is 2.00 e. The maximum atomic E-state index is 3.72. The van der Waals surface area contributed by atoms with Gasteiger partial charge in [-0.05, 0) is 0 Å². The molecule has 0 unspecified atom stereocenters. The van der Waals surface area contributed by atoms with E-state index in [1.807, 2.05) is 0 Å². The average molecular weight is 326 g/mol. The minimum absolute atomic E-state index is 0. The van der Waals surface area contributed by atoms with Gasteiger partial charge in [-0.2, -0.15) is 19.8 Å². The number of hydrogen-bond acceptors (Lipinski definition) is 0. The van der Waals surface area contributed by atoms with Gasteiger partial charge in [-0.3, -0.25) is 0 Å². The third-order valence-corrected chi connectivity index (χ3v) is 1.26. The molecule has 0 aromatic rings. The summed E-state index contributed by atoms with van der Waals surface area (Å²) in [4.78, 5) is 0. The Hall–Kier alpha value is 0.688. The monoisotopic (exact) mass is 326 g/mol. The van der Waals surface area contributed by atoms with Crippen molar-refractivity contribution >= 4 is 0 Å².